The minimum atomic E-state index is -0.471. The van der Waals surface area contributed by atoms with Crippen molar-refractivity contribution in [3.63, 3.8) is 0 Å². The minimum absolute atomic E-state index is 0.00656. The molecule has 0 spiro atoms. The molecule has 1 aliphatic carbocycles. The minimum Gasteiger partial charge on any atom is -0.368 e. The molecule has 0 aromatic carbocycles. The van der Waals surface area contributed by atoms with Crippen molar-refractivity contribution in [3.05, 3.63) is 0 Å². The summed E-state index contributed by atoms with van der Waals surface area (Å²) in [6, 6.07) is 0. The first-order valence-electron chi connectivity index (χ1n) is 3.50. The first kappa shape index (κ1) is 7.86. The van der Waals surface area contributed by atoms with Gasteiger partial charge in [-0.25, -0.2) is 0 Å². The molecule has 1 aliphatic rings. The molecule has 0 radical (unpaired) electrons. The molecule has 1 saturated carbocycles. The van der Waals surface area contributed by atoms with E-state index >= 15 is 0 Å². The van der Waals surface area contributed by atoms with Crippen LogP contribution in [0.1, 0.15) is 26.2 Å². The lowest BCUT2D eigenvalue weighted by Crippen LogP contribution is -2.43. The smallest absolute Gasteiger partial charge is 0.236 e. The molecule has 0 aromatic rings. The monoisotopic (exact) mass is 161 g/mol. The number of nitrogens with two attached hydrogens (primary N) is 1. The Labute approximate surface area is 65.7 Å². The standard InChI is InChI=1S/C7H12ClNO/c1-7(3-2-4-7)5(8)6(9)10/h5H,2-4H2,1H3,(H2,9,10). The molecule has 0 bridgehead atoms. The molecule has 1 rings (SSSR count). The number of carbonyl (C=O) groups excluding carboxylic acids is 1. The molecule has 0 aliphatic heterocycles. The van der Waals surface area contributed by atoms with Gasteiger partial charge in [0.25, 0.3) is 0 Å². The lowest BCUT2D eigenvalue weighted by Gasteiger charge is -2.40. The number of carbonyl (C=O) groups is 1. The Morgan fingerprint density at radius 1 is 1.70 bits per heavy atom. The second kappa shape index (κ2) is 2.42. The third kappa shape index (κ3) is 1.12. The second-order valence-electron chi connectivity index (χ2n) is 3.27. The summed E-state index contributed by atoms with van der Waals surface area (Å²) in [6.07, 6.45) is 3.24. The summed E-state index contributed by atoms with van der Waals surface area (Å²) in [7, 11) is 0. The van der Waals surface area contributed by atoms with Crippen LogP contribution in [0.4, 0.5) is 0 Å². The first-order valence-corrected chi connectivity index (χ1v) is 3.93. The lowest BCUT2D eigenvalue weighted by atomic mass is 9.68. The zero-order valence-electron chi connectivity index (χ0n) is 6.06. The summed E-state index contributed by atoms with van der Waals surface area (Å²) < 4.78 is 0. The van der Waals surface area contributed by atoms with E-state index in [1.807, 2.05) is 6.92 Å². The molecule has 1 amide bonds. The predicted molar refractivity (Wildman–Crippen MR) is 40.8 cm³/mol. The maximum Gasteiger partial charge on any atom is 0.236 e. The second-order valence-corrected chi connectivity index (χ2v) is 3.71. The molecule has 2 nitrogen and oxygen atoms in total. The summed E-state index contributed by atoms with van der Waals surface area (Å²) in [5, 5.41) is -0.471. The molecule has 10 heavy (non-hydrogen) atoms. The van der Waals surface area contributed by atoms with Gasteiger partial charge in [0.05, 0.1) is 0 Å². The molecule has 58 valence electrons. The summed E-state index contributed by atoms with van der Waals surface area (Å²) in [5.74, 6) is -0.385. The summed E-state index contributed by atoms with van der Waals surface area (Å²) in [5.41, 5.74) is 5.05. The fourth-order valence-electron chi connectivity index (χ4n) is 1.33. The SMILES string of the molecule is CC1(C(Cl)C(N)=O)CCC1. The third-order valence-corrected chi connectivity index (χ3v) is 3.10. The Bertz CT molecular complexity index is 154. The molecular formula is C7H12ClNO. The summed E-state index contributed by atoms with van der Waals surface area (Å²) >= 11 is 5.78. The van der Waals surface area contributed by atoms with Crippen molar-refractivity contribution >= 4 is 17.5 Å². The van der Waals surface area contributed by atoms with Crippen molar-refractivity contribution in [3.8, 4) is 0 Å². The molecule has 0 heterocycles. The predicted octanol–water partition coefficient (Wildman–Crippen LogP) is 1.27. The van der Waals surface area contributed by atoms with E-state index < -0.39 is 5.38 Å². The number of hydrogen-bond donors (Lipinski definition) is 1. The normalized spacial score (nSPS) is 25.0. The van der Waals surface area contributed by atoms with Gasteiger partial charge in [-0.1, -0.05) is 13.3 Å². The average Bonchev–Trinajstić information content (AvgIpc) is 1.81. The van der Waals surface area contributed by atoms with Crippen molar-refractivity contribution < 1.29 is 4.79 Å². The number of alkyl halides is 1. The highest BCUT2D eigenvalue weighted by molar-refractivity contribution is 6.31. The number of rotatable bonds is 2. The maximum atomic E-state index is 10.6. The van der Waals surface area contributed by atoms with Crippen molar-refractivity contribution in [2.45, 2.75) is 31.6 Å². The molecule has 0 aromatic heterocycles. The fourth-order valence-corrected chi connectivity index (χ4v) is 1.55. The third-order valence-electron chi connectivity index (χ3n) is 2.36. The van der Waals surface area contributed by atoms with E-state index in [2.05, 4.69) is 0 Å². The Balaban J connectivity index is 2.54. The average molecular weight is 162 g/mol. The fraction of sp³-hybridized carbons (Fsp3) is 0.857. The zero-order valence-corrected chi connectivity index (χ0v) is 6.82. The maximum absolute atomic E-state index is 10.6. The number of halogens is 1. The van der Waals surface area contributed by atoms with E-state index in [0.29, 0.717) is 0 Å². The summed E-state index contributed by atoms with van der Waals surface area (Å²) in [6.45, 7) is 2.01. The van der Waals surface area contributed by atoms with Crippen molar-refractivity contribution in [2.75, 3.05) is 0 Å². The van der Waals surface area contributed by atoms with Crippen LogP contribution < -0.4 is 5.73 Å². The lowest BCUT2D eigenvalue weighted by molar-refractivity contribution is -0.120. The van der Waals surface area contributed by atoms with Crippen molar-refractivity contribution in [2.24, 2.45) is 11.1 Å². The van der Waals surface area contributed by atoms with Crippen LogP contribution in [-0.4, -0.2) is 11.3 Å². The summed E-state index contributed by atoms with van der Waals surface area (Å²) in [4.78, 5) is 10.6. The molecule has 1 atom stereocenters. The Hall–Kier alpha value is -0.240. The van der Waals surface area contributed by atoms with Crippen LogP contribution in [0.2, 0.25) is 0 Å². The van der Waals surface area contributed by atoms with Crippen LogP contribution in [0.25, 0.3) is 0 Å². The van der Waals surface area contributed by atoms with Gasteiger partial charge >= 0.3 is 0 Å². The zero-order chi connectivity index (χ0) is 7.78. The highest BCUT2D eigenvalue weighted by Crippen LogP contribution is 2.45. The molecule has 1 unspecified atom stereocenters. The van der Waals surface area contributed by atoms with Gasteiger partial charge in [-0.2, -0.15) is 0 Å². The van der Waals surface area contributed by atoms with E-state index in [-0.39, 0.29) is 11.3 Å². The molecule has 3 heteroatoms. The van der Waals surface area contributed by atoms with E-state index in [1.54, 1.807) is 0 Å². The van der Waals surface area contributed by atoms with Crippen LogP contribution >= 0.6 is 11.6 Å². The molecule has 0 saturated heterocycles. The van der Waals surface area contributed by atoms with Gasteiger partial charge in [-0.05, 0) is 18.3 Å². The highest BCUT2D eigenvalue weighted by Gasteiger charge is 2.41. The Morgan fingerprint density at radius 2 is 2.20 bits per heavy atom. The van der Waals surface area contributed by atoms with Gasteiger partial charge < -0.3 is 5.73 Å². The van der Waals surface area contributed by atoms with Crippen LogP contribution in [0.3, 0.4) is 0 Å². The van der Waals surface area contributed by atoms with E-state index in [1.165, 1.54) is 6.42 Å². The Morgan fingerprint density at radius 3 is 2.30 bits per heavy atom. The molecular weight excluding hydrogens is 150 g/mol. The van der Waals surface area contributed by atoms with E-state index in [0.717, 1.165) is 12.8 Å². The number of hydrogen-bond acceptors (Lipinski definition) is 1. The van der Waals surface area contributed by atoms with Gasteiger partial charge in [0.15, 0.2) is 0 Å². The van der Waals surface area contributed by atoms with Crippen LogP contribution in [0.5, 0.6) is 0 Å². The topological polar surface area (TPSA) is 43.1 Å². The molecule has 2 N–H and O–H groups in total. The molecule has 1 fully saturated rings. The number of primary amides is 1. The van der Waals surface area contributed by atoms with Gasteiger partial charge in [0.2, 0.25) is 5.91 Å². The van der Waals surface area contributed by atoms with Crippen molar-refractivity contribution in [1.29, 1.82) is 0 Å². The van der Waals surface area contributed by atoms with Gasteiger partial charge in [0.1, 0.15) is 5.38 Å². The van der Waals surface area contributed by atoms with Gasteiger partial charge in [-0.3, -0.25) is 4.79 Å². The van der Waals surface area contributed by atoms with Crippen LogP contribution in [0, 0.1) is 5.41 Å². The Kier molecular flexibility index (Phi) is 1.90. The number of amides is 1. The van der Waals surface area contributed by atoms with Crippen LogP contribution in [-0.2, 0) is 4.79 Å². The van der Waals surface area contributed by atoms with Gasteiger partial charge in [-0.15, -0.1) is 11.6 Å². The quantitative estimate of drug-likeness (QED) is 0.609. The van der Waals surface area contributed by atoms with Gasteiger partial charge in [0, 0.05) is 0 Å². The largest absolute Gasteiger partial charge is 0.368 e. The first-order chi connectivity index (χ1) is 4.56. The van der Waals surface area contributed by atoms with E-state index in [4.69, 9.17) is 17.3 Å². The van der Waals surface area contributed by atoms with Crippen molar-refractivity contribution in [1.82, 2.24) is 0 Å². The van der Waals surface area contributed by atoms with Crippen LogP contribution in [0.15, 0.2) is 0 Å². The van der Waals surface area contributed by atoms with E-state index in [9.17, 15) is 4.79 Å². The highest BCUT2D eigenvalue weighted by atomic mass is 35.5.